The van der Waals surface area contributed by atoms with Crippen molar-refractivity contribution >= 4 is 38.6 Å². The lowest BCUT2D eigenvalue weighted by Crippen LogP contribution is -2.31. The summed E-state index contributed by atoms with van der Waals surface area (Å²) < 4.78 is 19.9. The van der Waals surface area contributed by atoms with Gasteiger partial charge in [0.25, 0.3) is 0 Å². The summed E-state index contributed by atoms with van der Waals surface area (Å²) in [5, 5.41) is 19.7. The van der Waals surface area contributed by atoms with Gasteiger partial charge in [0.15, 0.2) is 11.5 Å². The Balaban J connectivity index is 2.14. The fraction of sp³-hybridized carbons (Fsp3) is 0.333. The van der Waals surface area contributed by atoms with Gasteiger partial charge in [0, 0.05) is 29.8 Å². The zero-order valence-electron chi connectivity index (χ0n) is 22.0. The van der Waals surface area contributed by atoms with E-state index in [2.05, 4.69) is 4.40 Å². The third kappa shape index (κ3) is 4.65. The van der Waals surface area contributed by atoms with Crippen LogP contribution >= 0.6 is 11.3 Å². The molecule has 2 N–H and O–H groups in total. The molecule has 0 spiro atoms. The standard InChI is InChI=1S/C27H31N3O7S/c1-6-28(26(31)32)14-17-18(15-29(7-2)27(33)34)25-30(19-10-8-9-11-22(19)38-25)23(17)16-12-20(35-3)24(37-5)21(13-16)36-4/h8-13H,6-7,14-15H2,1-5H3,(H,31,32)(H,33,34). The van der Waals surface area contributed by atoms with Crippen LogP contribution in [0.4, 0.5) is 9.59 Å². The minimum atomic E-state index is -1.06. The lowest BCUT2D eigenvalue weighted by Gasteiger charge is -2.22. The molecule has 0 aliphatic rings. The fourth-order valence-electron chi connectivity index (χ4n) is 4.68. The van der Waals surface area contributed by atoms with E-state index in [0.717, 1.165) is 37.4 Å². The van der Waals surface area contributed by atoms with Crippen molar-refractivity contribution < 1.29 is 34.0 Å². The second-order valence-electron chi connectivity index (χ2n) is 8.52. The molecule has 0 saturated carbocycles. The number of nitrogens with zero attached hydrogens (tertiary/aromatic N) is 3. The molecule has 2 aromatic carbocycles. The van der Waals surface area contributed by atoms with Crippen LogP contribution in [-0.2, 0) is 13.1 Å². The van der Waals surface area contributed by atoms with E-state index in [9.17, 15) is 19.8 Å². The van der Waals surface area contributed by atoms with Crippen molar-refractivity contribution in [3.8, 4) is 28.5 Å². The Morgan fingerprint density at radius 1 is 0.868 bits per heavy atom. The second kappa shape index (κ2) is 11.1. The van der Waals surface area contributed by atoms with Gasteiger partial charge >= 0.3 is 12.2 Å². The Labute approximate surface area is 224 Å². The molecule has 0 bridgehead atoms. The summed E-state index contributed by atoms with van der Waals surface area (Å²) in [6.07, 6.45) is -2.10. The molecule has 0 saturated heterocycles. The van der Waals surface area contributed by atoms with Gasteiger partial charge in [-0.25, -0.2) is 9.59 Å². The topological polar surface area (TPSA) is 113 Å². The molecule has 4 aromatic rings. The fourth-order valence-corrected chi connectivity index (χ4v) is 5.89. The van der Waals surface area contributed by atoms with Gasteiger partial charge in [-0.15, -0.1) is 11.3 Å². The van der Waals surface area contributed by atoms with Crippen LogP contribution in [0.2, 0.25) is 0 Å². The van der Waals surface area contributed by atoms with E-state index in [0.29, 0.717) is 17.2 Å². The maximum absolute atomic E-state index is 12.1. The molecular weight excluding hydrogens is 510 g/mol. The van der Waals surface area contributed by atoms with Gasteiger partial charge in [0.1, 0.15) is 4.83 Å². The molecule has 0 unspecified atom stereocenters. The number of carbonyl (C=O) groups is 2. The van der Waals surface area contributed by atoms with E-state index in [1.165, 1.54) is 31.1 Å². The summed E-state index contributed by atoms with van der Waals surface area (Å²) in [7, 11) is 4.61. The highest BCUT2D eigenvalue weighted by atomic mass is 32.1. The van der Waals surface area contributed by atoms with Gasteiger partial charge in [-0.2, -0.15) is 0 Å². The van der Waals surface area contributed by atoms with E-state index in [1.807, 2.05) is 36.4 Å². The minimum Gasteiger partial charge on any atom is -0.493 e. The third-order valence-electron chi connectivity index (χ3n) is 6.59. The summed E-state index contributed by atoms with van der Waals surface area (Å²) in [6, 6.07) is 11.6. The van der Waals surface area contributed by atoms with E-state index in [-0.39, 0.29) is 26.2 Å². The first kappa shape index (κ1) is 26.9. The lowest BCUT2D eigenvalue weighted by molar-refractivity contribution is 0.141. The van der Waals surface area contributed by atoms with Crippen molar-refractivity contribution in [2.45, 2.75) is 26.9 Å². The van der Waals surface area contributed by atoms with E-state index in [4.69, 9.17) is 14.2 Å². The van der Waals surface area contributed by atoms with Gasteiger partial charge in [0.05, 0.1) is 50.3 Å². The highest BCUT2D eigenvalue weighted by Crippen LogP contribution is 2.46. The number of rotatable bonds is 10. The number of amides is 2. The van der Waals surface area contributed by atoms with Gasteiger partial charge in [-0.3, -0.25) is 4.40 Å². The first-order valence-corrected chi connectivity index (χ1v) is 12.9. The molecule has 202 valence electrons. The van der Waals surface area contributed by atoms with Crippen molar-refractivity contribution in [3.63, 3.8) is 0 Å². The average molecular weight is 542 g/mol. The smallest absolute Gasteiger partial charge is 0.407 e. The van der Waals surface area contributed by atoms with Crippen molar-refractivity contribution in [3.05, 3.63) is 47.5 Å². The molecule has 0 aliphatic heterocycles. The first-order chi connectivity index (χ1) is 18.3. The minimum absolute atomic E-state index is 0.0764. The van der Waals surface area contributed by atoms with Crippen molar-refractivity contribution in [1.82, 2.24) is 14.2 Å². The number of ether oxygens (including phenoxy) is 3. The van der Waals surface area contributed by atoms with Crippen molar-refractivity contribution in [2.75, 3.05) is 34.4 Å². The van der Waals surface area contributed by atoms with Crippen molar-refractivity contribution in [2.24, 2.45) is 0 Å². The summed E-state index contributed by atoms with van der Waals surface area (Å²) in [4.78, 5) is 27.6. The molecule has 2 amide bonds. The largest absolute Gasteiger partial charge is 0.493 e. The number of fused-ring (bicyclic) bond motifs is 3. The molecule has 0 aliphatic carbocycles. The number of benzene rings is 2. The van der Waals surface area contributed by atoms with Crippen LogP contribution in [-0.4, -0.2) is 71.0 Å². The highest BCUT2D eigenvalue weighted by molar-refractivity contribution is 7.24. The predicted octanol–water partition coefficient (Wildman–Crippen LogP) is 5.85. The van der Waals surface area contributed by atoms with Crippen LogP contribution in [0.5, 0.6) is 17.2 Å². The summed E-state index contributed by atoms with van der Waals surface area (Å²) in [6.45, 7) is 4.29. The Kier molecular flexibility index (Phi) is 7.86. The number of hydrogen-bond acceptors (Lipinski definition) is 6. The number of para-hydroxylation sites is 1. The van der Waals surface area contributed by atoms with Crippen molar-refractivity contribution in [1.29, 1.82) is 0 Å². The molecule has 2 aromatic heterocycles. The zero-order chi connectivity index (χ0) is 27.6. The molecule has 4 rings (SSSR count). The molecule has 0 radical (unpaired) electrons. The van der Waals surface area contributed by atoms with Crippen LogP contribution in [0, 0.1) is 0 Å². The van der Waals surface area contributed by atoms with Gasteiger partial charge in [-0.05, 0) is 38.1 Å². The highest BCUT2D eigenvalue weighted by Gasteiger charge is 2.29. The van der Waals surface area contributed by atoms with Crippen LogP contribution in [0.1, 0.15) is 25.0 Å². The van der Waals surface area contributed by atoms with Crippen LogP contribution in [0.15, 0.2) is 36.4 Å². The molecule has 0 atom stereocenters. The average Bonchev–Trinajstić information content (AvgIpc) is 3.42. The summed E-state index contributed by atoms with van der Waals surface area (Å²) in [5.41, 5.74) is 3.88. The summed E-state index contributed by atoms with van der Waals surface area (Å²) in [5.74, 6) is 1.34. The zero-order valence-corrected chi connectivity index (χ0v) is 22.8. The Hall–Kier alpha value is -4.12. The van der Waals surface area contributed by atoms with Gasteiger partial charge in [0.2, 0.25) is 5.75 Å². The number of carboxylic acid groups (broad SMARTS) is 2. The Morgan fingerprint density at radius 3 is 1.92 bits per heavy atom. The molecule has 0 fully saturated rings. The third-order valence-corrected chi connectivity index (χ3v) is 7.78. The molecule has 11 heteroatoms. The normalized spacial score (nSPS) is 11.1. The van der Waals surface area contributed by atoms with Gasteiger partial charge in [-0.1, -0.05) is 12.1 Å². The quantitative estimate of drug-likeness (QED) is 0.259. The van der Waals surface area contributed by atoms with E-state index < -0.39 is 12.2 Å². The second-order valence-corrected chi connectivity index (χ2v) is 9.55. The molecular formula is C27H31N3O7S. The SMILES string of the molecule is CCN(Cc1c(CN(CC)C(=O)O)c2sc3ccccc3n2c1-c1cc(OC)c(OC)c(OC)c1)C(=O)O. The monoisotopic (exact) mass is 541 g/mol. The van der Waals surface area contributed by atoms with E-state index in [1.54, 1.807) is 25.2 Å². The Bertz CT molecular complexity index is 1470. The molecule has 38 heavy (non-hydrogen) atoms. The van der Waals surface area contributed by atoms with Crippen LogP contribution in [0.3, 0.4) is 0 Å². The van der Waals surface area contributed by atoms with E-state index >= 15 is 0 Å². The lowest BCUT2D eigenvalue weighted by atomic mass is 10.0. The maximum Gasteiger partial charge on any atom is 0.407 e. The molecule has 2 heterocycles. The molecule has 10 nitrogen and oxygen atoms in total. The number of methoxy groups -OCH3 is 3. The van der Waals surface area contributed by atoms with Crippen LogP contribution < -0.4 is 14.2 Å². The van der Waals surface area contributed by atoms with Gasteiger partial charge < -0.3 is 34.2 Å². The van der Waals surface area contributed by atoms with Crippen LogP contribution in [0.25, 0.3) is 26.3 Å². The predicted molar refractivity (Wildman–Crippen MR) is 146 cm³/mol. The Morgan fingerprint density at radius 2 is 1.42 bits per heavy atom. The number of hydrogen-bond donors (Lipinski definition) is 2. The maximum atomic E-state index is 12.1. The number of aromatic nitrogens is 1. The summed E-state index contributed by atoms with van der Waals surface area (Å²) >= 11 is 1.54. The first-order valence-electron chi connectivity index (χ1n) is 12.1. The number of thiazole rings is 1.